The number of benzene rings is 2. The zero-order valence-corrected chi connectivity index (χ0v) is 12.3. The summed E-state index contributed by atoms with van der Waals surface area (Å²) in [6.07, 6.45) is 2.61. The summed E-state index contributed by atoms with van der Waals surface area (Å²) >= 11 is 0. The highest BCUT2D eigenvalue weighted by Crippen LogP contribution is 2.39. The third-order valence-electron chi connectivity index (χ3n) is 4.33. The molecule has 20 heavy (non-hydrogen) atoms. The molecule has 3 rings (SSSR count). The molecule has 0 atom stereocenters. The summed E-state index contributed by atoms with van der Waals surface area (Å²) in [5.74, 6) is 1.04. The van der Waals surface area contributed by atoms with Crippen LogP contribution in [0.4, 0.5) is 0 Å². The Morgan fingerprint density at radius 2 is 1.85 bits per heavy atom. The second kappa shape index (κ2) is 4.62. The van der Waals surface area contributed by atoms with Gasteiger partial charge in [0.2, 0.25) is 0 Å². The number of aryl methyl sites for hydroxylation is 1. The number of ketones is 1. The number of carbonyl (C=O) groups is 1. The largest absolute Gasteiger partial charge is 0.496 e. The molecule has 0 heterocycles. The van der Waals surface area contributed by atoms with Crippen molar-refractivity contribution in [3.05, 3.63) is 41.5 Å². The lowest BCUT2D eigenvalue weighted by molar-refractivity contribution is 0.0934. The van der Waals surface area contributed by atoms with Gasteiger partial charge in [-0.3, -0.25) is 4.79 Å². The van der Waals surface area contributed by atoms with Crippen LogP contribution in [0.25, 0.3) is 10.8 Å². The van der Waals surface area contributed by atoms with E-state index in [9.17, 15) is 4.79 Å². The topological polar surface area (TPSA) is 26.3 Å². The van der Waals surface area contributed by atoms with Crippen LogP contribution < -0.4 is 4.74 Å². The molecule has 2 aromatic rings. The van der Waals surface area contributed by atoms with Gasteiger partial charge < -0.3 is 4.74 Å². The van der Waals surface area contributed by atoms with E-state index in [0.29, 0.717) is 6.42 Å². The lowest BCUT2D eigenvalue weighted by Crippen LogP contribution is -2.14. The number of ether oxygens (including phenoxy) is 1. The molecule has 1 aliphatic carbocycles. The second-order valence-corrected chi connectivity index (χ2v) is 6.41. The minimum atomic E-state index is 0.0739. The van der Waals surface area contributed by atoms with Crippen molar-refractivity contribution >= 4 is 16.6 Å². The van der Waals surface area contributed by atoms with E-state index < -0.39 is 0 Å². The number of rotatable bonds is 1. The summed E-state index contributed by atoms with van der Waals surface area (Å²) in [6, 6.07) is 10.1. The highest BCUT2D eigenvalue weighted by Gasteiger charge is 2.29. The van der Waals surface area contributed by atoms with Crippen LogP contribution in [0.2, 0.25) is 0 Å². The number of hydrogen-bond acceptors (Lipinski definition) is 2. The van der Waals surface area contributed by atoms with Gasteiger partial charge in [-0.25, -0.2) is 0 Å². The first-order chi connectivity index (χ1) is 9.52. The number of hydrogen-bond donors (Lipinski definition) is 0. The third kappa shape index (κ3) is 2.09. The SMILES string of the molecule is COc1cc2c(c3ccccc13)CCC(C)(C)CC2=O. The van der Waals surface area contributed by atoms with E-state index in [2.05, 4.69) is 26.0 Å². The second-order valence-electron chi connectivity index (χ2n) is 6.41. The fraction of sp³-hybridized carbons (Fsp3) is 0.389. The van der Waals surface area contributed by atoms with Crippen molar-refractivity contribution in [1.82, 2.24) is 0 Å². The zero-order valence-electron chi connectivity index (χ0n) is 12.3. The van der Waals surface area contributed by atoms with Crippen LogP contribution in [-0.4, -0.2) is 12.9 Å². The van der Waals surface area contributed by atoms with Crippen LogP contribution in [-0.2, 0) is 6.42 Å². The molecule has 0 N–H and O–H groups in total. The minimum Gasteiger partial charge on any atom is -0.496 e. The van der Waals surface area contributed by atoms with Gasteiger partial charge in [-0.15, -0.1) is 0 Å². The molecule has 0 radical (unpaired) electrons. The summed E-state index contributed by atoms with van der Waals surface area (Å²) in [7, 11) is 1.67. The van der Waals surface area contributed by atoms with E-state index in [1.807, 2.05) is 18.2 Å². The maximum absolute atomic E-state index is 12.6. The molecule has 104 valence electrons. The molecule has 0 amide bonds. The molecule has 2 nitrogen and oxygen atoms in total. The van der Waals surface area contributed by atoms with Crippen LogP contribution in [0, 0.1) is 5.41 Å². The smallest absolute Gasteiger partial charge is 0.163 e. The lowest BCUT2D eigenvalue weighted by Gasteiger charge is -2.20. The van der Waals surface area contributed by atoms with E-state index >= 15 is 0 Å². The first-order valence-corrected chi connectivity index (χ1v) is 7.14. The number of fused-ring (bicyclic) bond motifs is 3. The van der Waals surface area contributed by atoms with Crippen molar-refractivity contribution in [2.24, 2.45) is 5.41 Å². The standard InChI is InChI=1S/C18H20O2/c1-18(2)9-8-13-12-6-4-5-7-14(12)17(20-3)10-15(13)16(19)11-18/h4-7,10H,8-9,11H2,1-3H3. The zero-order chi connectivity index (χ0) is 14.3. The monoisotopic (exact) mass is 268 g/mol. The molecule has 0 unspecified atom stereocenters. The average molecular weight is 268 g/mol. The average Bonchev–Trinajstić information content (AvgIpc) is 2.54. The van der Waals surface area contributed by atoms with Crippen LogP contribution >= 0.6 is 0 Å². The number of Topliss-reactive ketones (excluding diaryl/α,β-unsaturated/α-hetero) is 1. The maximum atomic E-state index is 12.6. The Labute approximate surface area is 119 Å². The van der Waals surface area contributed by atoms with Gasteiger partial charge in [0.1, 0.15) is 5.75 Å². The highest BCUT2D eigenvalue weighted by molar-refractivity contribution is 6.05. The normalized spacial score (nSPS) is 17.6. The predicted octanol–water partition coefficient (Wildman–Crippen LogP) is 4.39. The molecule has 0 aromatic heterocycles. The first-order valence-electron chi connectivity index (χ1n) is 7.14. The Bertz CT molecular complexity index is 683. The van der Waals surface area contributed by atoms with Crippen molar-refractivity contribution < 1.29 is 9.53 Å². The van der Waals surface area contributed by atoms with Gasteiger partial charge in [-0.1, -0.05) is 38.1 Å². The molecule has 0 aliphatic heterocycles. The molecule has 0 fully saturated rings. The predicted molar refractivity (Wildman–Crippen MR) is 81.5 cm³/mol. The van der Waals surface area contributed by atoms with Crippen LogP contribution in [0.5, 0.6) is 5.75 Å². The third-order valence-corrected chi connectivity index (χ3v) is 4.33. The molecule has 0 spiro atoms. The Morgan fingerprint density at radius 1 is 1.15 bits per heavy atom. The first kappa shape index (κ1) is 13.2. The van der Waals surface area contributed by atoms with Crippen molar-refractivity contribution in [3.8, 4) is 5.75 Å². The Kier molecular flexibility index (Phi) is 3.04. The molecule has 0 saturated carbocycles. The van der Waals surface area contributed by atoms with Gasteiger partial charge in [0.05, 0.1) is 7.11 Å². The van der Waals surface area contributed by atoms with Gasteiger partial charge in [0.25, 0.3) is 0 Å². The molecule has 1 aliphatic rings. The minimum absolute atomic E-state index is 0.0739. The molecule has 2 aromatic carbocycles. The Morgan fingerprint density at radius 3 is 2.55 bits per heavy atom. The van der Waals surface area contributed by atoms with Gasteiger partial charge in [0.15, 0.2) is 5.78 Å². The summed E-state index contributed by atoms with van der Waals surface area (Å²) in [4.78, 5) is 12.6. The van der Waals surface area contributed by atoms with E-state index in [4.69, 9.17) is 4.74 Å². The summed E-state index contributed by atoms with van der Waals surface area (Å²) < 4.78 is 5.48. The molecule has 0 bridgehead atoms. The van der Waals surface area contributed by atoms with Crippen molar-refractivity contribution in [2.45, 2.75) is 33.1 Å². The maximum Gasteiger partial charge on any atom is 0.163 e. The van der Waals surface area contributed by atoms with Gasteiger partial charge in [0, 0.05) is 17.4 Å². The van der Waals surface area contributed by atoms with Gasteiger partial charge in [-0.05, 0) is 35.3 Å². The van der Waals surface area contributed by atoms with Crippen LogP contribution in [0.1, 0.15) is 42.6 Å². The fourth-order valence-corrected chi connectivity index (χ4v) is 3.17. The van der Waals surface area contributed by atoms with Crippen LogP contribution in [0.15, 0.2) is 30.3 Å². The van der Waals surface area contributed by atoms with Gasteiger partial charge >= 0.3 is 0 Å². The summed E-state index contributed by atoms with van der Waals surface area (Å²) in [5.41, 5.74) is 2.12. The van der Waals surface area contributed by atoms with Crippen molar-refractivity contribution in [3.63, 3.8) is 0 Å². The highest BCUT2D eigenvalue weighted by atomic mass is 16.5. The Hall–Kier alpha value is -1.83. The van der Waals surface area contributed by atoms with E-state index in [-0.39, 0.29) is 11.2 Å². The molecule has 2 heteroatoms. The number of carbonyl (C=O) groups excluding carboxylic acids is 1. The van der Waals surface area contributed by atoms with Gasteiger partial charge in [-0.2, -0.15) is 0 Å². The number of methoxy groups -OCH3 is 1. The van der Waals surface area contributed by atoms with Crippen molar-refractivity contribution in [2.75, 3.05) is 7.11 Å². The van der Waals surface area contributed by atoms with E-state index in [1.165, 1.54) is 5.56 Å². The lowest BCUT2D eigenvalue weighted by atomic mass is 9.84. The molecular formula is C18H20O2. The van der Waals surface area contributed by atoms with E-state index in [0.717, 1.165) is 34.9 Å². The van der Waals surface area contributed by atoms with E-state index in [1.54, 1.807) is 7.11 Å². The molecular weight excluding hydrogens is 248 g/mol. The quantitative estimate of drug-likeness (QED) is 0.717. The van der Waals surface area contributed by atoms with Crippen LogP contribution in [0.3, 0.4) is 0 Å². The summed E-state index contributed by atoms with van der Waals surface area (Å²) in [5, 5.41) is 2.26. The Balaban J connectivity index is 2.29. The van der Waals surface area contributed by atoms with Crippen molar-refractivity contribution in [1.29, 1.82) is 0 Å². The summed E-state index contributed by atoms with van der Waals surface area (Å²) in [6.45, 7) is 4.35. The fourth-order valence-electron chi connectivity index (χ4n) is 3.17. The molecule has 0 saturated heterocycles.